The maximum Gasteiger partial charge on any atom is 0.387 e. The second kappa shape index (κ2) is 7.87. The normalized spacial score (nSPS) is 18.2. The maximum absolute atomic E-state index is 14.4. The van der Waals surface area contributed by atoms with Crippen molar-refractivity contribution in [3.8, 4) is 16.9 Å². The first-order chi connectivity index (χ1) is 14.4. The standard InChI is InChI=1S/C21H15ClF3N3O2/c22-16-7-13(9-27-10-16)12-2-1-3-14(6-12)21(11-29-20(26)28-21)15-4-5-18(17(23)8-15)30-19(24)25/h1-10,19H,11H2,(H2,26,28). The van der Waals surface area contributed by atoms with Gasteiger partial charge in [-0.05, 0) is 41.0 Å². The SMILES string of the molecule is NC1=NC(c2cccc(-c3cncc(Cl)c3)c2)(c2ccc(OC(F)F)c(F)c2)CO1. The highest BCUT2D eigenvalue weighted by Crippen LogP contribution is 2.40. The summed E-state index contributed by atoms with van der Waals surface area (Å²) >= 11 is 6.04. The predicted molar refractivity (Wildman–Crippen MR) is 106 cm³/mol. The molecule has 2 heterocycles. The Morgan fingerprint density at radius 1 is 1.07 bits per heavy atom. The summed E-state index contributed by atoms with van der Waals surface area (Å²) < 4.78 is 49.0. The van der Waals surface area contributed by atoms with Crippen LogP contribution in [-0.2, 0) is 10.3 Å². The molecule has 9 heteroatoms. The van der Waals surface area contributed by atoms with Crippen LogP contribution in [0.3, 0.4) is 0 Å². The van der Waals surface area contributed by atoms with Gasteiger partial charge in [-0.3, -0.25) is 4.98 Å². The summed E-state index contributed by atoms with van der Waals surface area (Å²) in [5.74, 6) is -1.50. The molecule has 0 aliphatic carbocycles. The van der Waals surface area contributed by atoms with Crippen molar-refractivity contribution in [2.24, 2.45) is 10.7 Å². The van der Waals surface area contributed by atoms with Crippen LogP contribution >= 0.6 is 11.6 Å². The third-order valence-corrected chi connectivity index (χ3v) is 4.94. The van der Waals surface area contributed by atoms with Crippen molar-refractivity contribution in [3.05, 3.63) is 82.9 Å². The van der Waals surface area contributed by atoms with Crippen molar-refractivity contribution in [2.45, 2.75) is 12.2 Å². The Kier molecular flexibility index (Phi) is 5.26. The largest absolute Gasteiger partial charge is 0.462 e. The van der Waals surface area contributed by atoms with Crippen molar-refractivity contribution < 1.29 is 22.6 Å². The smallest absolute Gasteiger partial charge is 0.387 e. The summed E-state index contributed by atoms with van der Waals surface area (Å²) in [6, 6.07) is 12.7. The van der Waals surface area contributed by atoms with Crippen LogP contribution in [0.15, 0.2) is 65.9 Å². The molecule has 4 rings (SSSR count). The van der Waals surface area contributed by atoms with Crippen LogP contribution in [0, 0.1) is 5.82 Å². The van der Waals surface area contributed by atoms with E-state index in [1.807, 2.05) is 18.2 Å². The Bertz CT molecular complexity index is 1130. The third-order valence-electron chi connectivity index (χ3n) is 4.73. The summed E-state index contributed by atoms with van der Waals surface area (Å²) in [7, 11) is 0. The van der Waals surface area contributed by atoms with E-state index in [0.29, 0.717) is 16.1 Å². The van der Waals surface area contributed by atoms with Gasteiger partial charge in [0.05, 0.1) is 5.02 Å². The van der Waals surface area contributed by atoms with Crippen molar-refractivity contribution in [3.63, 3.8) is 0 Å². The van der Waals surface area contributed by atoms with E-state index in [1.165, 1.54) is 12.3 Å². The zero-order chi connectivity index (χ0) is 21.3. The van der Waals surface area contributed by atoms with Crippen molar-refractivity contribution >= 4 is 17.6 Å². The predicted octanol–water partition coefficient (Wildman–Crippen LogP) is 4.73. The number of rotatable bonds is 5. The highest BCUT2D eigenvalue weighted by molar-refractivity contribution is 6.30. The van der Waals surface area contributed by atoms with Gasteiger partial charge in [0.25, 0.3) is 6.02 Å². The first-order valence-electron chi connectivity index (χ1n) is 8.82. The van der Waals surface area contributed by atoms with Gasteiger partial charge >= 0.3 is 6.61 Å². The Labute approximate surface area is 174 Å². The van der Waals surface area contributed by atoms with E-state index in [1.54, 1.807) is 18.3 Å². The van der Waals surface area contributed by atoms with Gasteiger partial charge in [0, 0.05) is 18.0 Å². The van der Waals surface area contributed by atoms with Crippen LogP contribution in [0.5, 0.6) is 5.75 Å². The topological polar surface area (TPSA) is 69.7 Å². The van der Waals surface area contributed by atoms with E-state index in [4.69, 9.17) is 22.1 Å². The van der Waals surface area contributed by atoms with E-state index in [2.05, 4.69) is 14.7 Å². The minimum absolute atomic E-state index is 0.0184. The number of aliphatic imine (C=N–C) groups is 1. The van der Waals surface area contributed by atoms with E-state index >= 15 is 0 Å². The van der Waals surface area contributed by atoms with Gasteiger partial charge in [-0.15, -0.1) is 0 Å². The fourth-order valence-electron chi connectivity index (χ4n) is 3.37. The lowest BCUT2D eigenvalue weighted by atomic mass is 9.83. The molecule has 154 valence electrons. The number of alkyl halides is 2. The van der Waals surface area contributed by atoms with Gasteiger partial charge in [-0.25, -0.2) is 9.38 Å². The first kappa shape index (κ1) is 20.0. The van der Waals surface area contributed by atoms with Crippen LogP contribution in [0.25, 0.3) is 11.1 Å². The van der Waals surface area contributed by atoms with Crippen LogP contribution in [0.1, 0.15) is 11.1 Å². The van der Waals surface area contributed by atoms with Crippen LogP contribution in [0.4, 0.5) is 13.2 Å². The van der Waals surface area contributed by atoms with Crippen molar-refractivity contribution in [1.29, 1.82) is 0 Å². The molecule has 2 aromatic carbocycles. The van der Waals surface area contributed by atoms with Gasteiger partial charge in [0.15, 0.2) is 17.1 Å². The number of ether oxygens (including phenoxy) is 2. The molecular formula is C21H15ClF3N3O2. The molecule has 0 spiro atoms. The maximum atomic E-state index is 14.4. The first-order valence-corrected chi connectivity index (χ1v) is 9.19. The van der Waals surface area contributed by atoms with E-state index in [9.17, 15) is 13.2 Å². The molecule has 5 nitrogen and oxygen atoms in total. The molecule has 1 atom stereocenters. The van der Waals surface area contributed by atoms with Crippen LogP contribution in [0.2, 0.25) is 5.02 Å². The zero-order valence-electron chi connectivity index (χ0n) is 15.4. The van der Waals surface area contributed by atoms with Crippen molar-refractivity contribution in [1.82, 2.24) is 4.98 Å². The lowest BCUT2D eigenvalue weighted by Crippen LogP contribution is -2.27. The number of hydrogen-bond acceptors (Lipinski definition) is 5. The molecule has 2 N–H and O–H groups in total. The minimum Gasteiger partial charge on any atom is -0.462 e. The fraction of sp³-hybridized carbons (Fsp3) is 0.143. The Morgan fingerprint density at radius 3 is 2.53 bits per heavy atom. The van der Waals surface area contributed by atoms with Crippen molar-refractivity contribution in [2.75, 3.05) is 6.61 Å². The Balaban J connectivity index is 1.81. The number of nitrogens with two attached hydrogens (primary N) is 1. The van der Waals surface area contributed by atoms with E-state index in [0.717, 1.165) is 23.3 Å². The Morgan fingerprint density at radius 2 is 1.87 bits per heavy atom. The molecule has 0 fully saturated rings. The molecular weight excluding hydrogens is 419 g/mol. The molecule has 0 amide bonds. The molecule has 1 aliphatic heterocycles. The van der Waals surface area contributed by atoms with Gasteiger partial charge < -0.3 is 15.2 Å². The van der Waals surface area contributed by atoms with E-state index in [-0.39, 0.29) is 12.6 Å². The Hall–Kier alpha value is -3.26. The summed E-state index contributed by atoms with van der Waals surface area (Å²) in [5, 5.41) is 0.482. The zero-order valence-corrected chi connectivity index (χ0v) is 16.1. The number of amidine groups is 1. The molecule has 1 unspecified atom stereocenters. The van der Waals surface area contributed by atoms with Gasteiger partial charge in [-0.2, -0.15) is 8.78 Å². The number of halogens is 4. The molecule has 0 saturated carbocycles. The quantitative estimate of drug-likeness (QED) is 0.631. The molecule has 1 aromatic heterocycles. The molecule has 0 bridgehead atoms. The monoisotopic (exact) mass is 433 g/mol. The summed E-state index contributed by atoms with van der Waals surface area (Å²) in [6.45, 7) is -3.12. The number of hydrogen-bond donors (Lipinski definition) is 1. The second-order valence-electron chi connectivity index (χ2n) is 6.60. The average Bonchev–Trinajstić information content (AvgIpc) is 3.12. The lowest BCUT2D eigenvalue weighted by molar-refractivity contribution is -0.0522. The average molecular weight is 434 g/mol. The molecule has 30 heavy (non-hydrogen) atoms. The molecule has 0 saturated heterocycles. The molecule has 3 aromatic rings. The summed E-state index contributed by atoms with van der Waals surface area (Å²) in [5.41, 5.74) is 7.25. The van der Waals surface area contributed by atoms with Gasteiger partial charge in [0.1, 0.15) is 6.61 Å². The third kappa shape index (κ3) is 3.78. The van der Waals surface area contributed by atoms with Crippen LogP contribution < -0.4 is 10.5 Å². The second-order valence-corrected chi connectivity index (χ2v) is 7.03. The van der Waals surface area contributed by atoms with Gasteiger partial charge in [0.2, 0.25) is 0 Å². The molecule has 1 aliphatic rings. The fourth-order valence-corrected chi connectivity index (χ4v) is 3.54. The minimum atomic E-state index is -3.13. The highest BCUT2D eigenvalue weighted by Gasteiger charge is 2.40. The van der Waals surface area contributed by atoms with E-state index < -0.39 is 23.7 Å². The lowest BCUT2D eigenvalue weighted by Gasteiger charge is -2.26. The van der Waals surface area contributed by atoms with Gasteiger partial charge in [-0.1, -0.05) is 35.9 Å². The summed E-state index contributed by atoms with van der Waals surface area (Å²) in [6.07, 6.45) is 3.19. The highest BCUT2D eigenvalue weighted by atomic mass is 35.5. The van der Waals surface area contributed by atoms with Crippen LogP contribution in [-0.4, -0.2) is 24.2 Å². The molecule has 0 radical (unpaired) electrons. The summed E-state index contributed by atoms with van der Waals surface area (Å²) in [4.78, 5) is 8.51. The number of nitrogens with zero attached hydrogens (tertiary/aromatic N) is 2. The number of benzene rings is 2. The number of pyridine rings is 1. The number of aromatic nitrogens is 1.